The van der Waals surface area contributed by atoms with Gasteiger partial charge in [-0.05, 0) is 23.5 Å². The first-order valence-corrected chi connectivity index (χ1v) is 10.8. The number of esters is 1. The summed E-state index contributed by atoms with van der Waals surface area (Å²) < 4.78 is 11.2. The van der Waals surface area contributed by atoms with E-state index in [0.717, 1.165) is 41.9 Å². The molecule has 0 spiro atoms. The van der Waals surface area contributed by atoms with Crippen LogP contribution in [-0.4, -0.2) is 60.2 Å². The second-order valence-electron chi connectivity index (χ2n) is 9.84. The number of rotatable bonds is 1. The Bertz CT molecular complexity index is 974. The summed E-state index contributed by atoms with van der Waals surface area (Å²) in [6.07, 6.45) is 2.85. The number of fused-ring (bicyclic) bond motifs is 1. The van der Waals surface area contributed by atoms with Gasteiger partial charge in [0.1, 0.15) is 11.4 Å². The van der Waals surface area contributed by atoms with Crippen LogP contribution in [0.3, 0.4) is 0 Å². The predicted octanol–water partition coefficient (Wildman–Crippen LogP) is 1.89. The van der Waals surface area contributed by atoms with Gasteiger partial charge in [-0.25, -0.2) is 4.79 Å². The van der Waals surface area contributed by atoms with Gasteiger partial charge in [0.15, 0.2) is 5.78 Å². The number of aliphatic hydroxyl groups is 1. The third-order valence-corrected chi connectivity index (χ3v) is 8.79. The quantitative estimate of drug-likeness (QED) is 0.681. The molecular formula is C23H27NO5. The first-order chi connectivity index (χ1) is 13.8. The van der Waals surface area contributed by atoms with E-state index >= 15 is 0 Å². The molecule has 0 saturated carbocycles. The van der Waals surface area contributed by atoms with Crippen LogP contribution in [-0.2, 0) is 19.1 Å². The van der Waals surface area contributed by atoms with Crippen LogP contribution in [0.4, 0.5) is 0 Å². The summed E-state index contributed by atoms with van der Waals surface area (Å²) >= 11 is 0. The molecule has 2 bridgehead atoms. The van der Waals surface area contributed by atoms with Crippen molar-refractivity contribution < 1.29 is 24.2 Å². The van der Waals surface area contributed by atoms with E-state index in [1.54, 1.807) is 0 Å². The summed E-state index contributed by atoms with van der Waals surface area (Å²) in [6, 6.07) is 0.0946. The van der Waals surface area contributed by atoms with Crippen molar-refractivity contribution in [3.8, 4) is 0 Å². The van der Waals surface area contributed by atoms with Gasteiger partial charge in [-0.2, -0.15) is 0 Å². The molecule has 0 radical (unpaired) electrons. The standard InChI is InChI=1S/C23H27NO5/c1-11-9-24-10-12-4-5-14-16-13(6-7-29-14)17(21(26)28-3)18-19(16)22(12,2)15(24)8-23(11,27)20(18)25/h11-12,15,27H,4-10H2,1-3H3/t11?,12-,15-,22-,23+/m1/s1. The minimum Gasteiger partial charge on any atom is -0.497 e. The lowest BCUT2D eigenvalue weighted by atomic mass is 9.65. The average molecular weight is 397 g/mol. The highest BCUT2D eigenvalue weighted by molar-refractivity contribution is 6.17. The van der Waals surface area contributed by atoms with Gasteiger partial charge >= 0.3 is 5.97 Å². The second-order valence-corrected chi connectivity index (χ2v) is 9.84. The topological polar surface area (TPSA) is 76.1 Å². The average Bonchev–Trinajstić information content (AvgIpc) is 3.13. The smallest absolute Gasteiger partial charge is 0.338 e. The van der Waals surface area contributed by atoms with Crippen LogP contribution in [0, 0.1) is 17.3 Å². The minimum atomic E-state index is -1.44. The predicted molar refractivity (Wildman–Crippen MR) is 104 cm³/mol. The molecule has 6 rings (SSSR count). The van der Waals surface area contributed by atoms with Gasteiger partial charge in [0.2, 0.25) is 0 Å². The van der Waals surface area contributed by atoms with Crippen molar-refractivity contribution in [2.75, 3.05) is 26.8 Å². The Balaban J connectivity index is 1.73. The van der Waals surface area contributed by atoms with Gasteiger partial charge in [-0.1, -0.05) is 13.8 Å². The number of piperidine rings is 1. The van der Waals surface area contributed by atoms with Gasteiger partial charge < -0.3 is 14.6 Å². The first-order valence-electron chi connectivity index (χ1n) is 10.8. The second kappa shape index (κ2) is 5.41. The summed E-state index contributed by atoms with van der Waals surface area (Å²) in [7, 11) is 1.36. The first kappa shape index (κ1) is 17.9. The molecule has 6 nitrogen and oxygen atoms in total. The third-order valence-electron chi connectivity index (χ3n) is 8.79. The summed E-state index contributed by atoms with van der Waals surface area (Å²) in [6.45, 7) is 6.42. The fourth-order valence-corrected chi connectivity index (χ4v) is 7.27. The fourth-order valence-electron chi connectivity index (χ4n) is 7.27. The Morgan fingerprint density at radius 2 is 2.07 bits per heavy atom. The molecule has 5 atom stereocenters. The maximum atomic E-state index is 14.0. The zero-order chi connectivity index (χ0) is 20.3. The molecule has 29 heavy (non-hydrogen) atoms. The van der Waals surface area contributed by atoms with Crippen molar-refractivity contribution >= 4 is 11.8 Å². The highest BCUT2D eigenvalue weighted by Gasteiger charge is 2.66. The number of allylic oxidation sites excluding steroid dienone is 2. The molecular weight excluding hydrogens is 370 g/mol. The van der Waals surface area contributed by atoms with Gasteiger partial charge in [0.25, 0.3) is 0 Å². The van der Waals surface area contributed by atoms with Crippen LogP contribution < -0.4 is 0 Å². The van der Waals surface area contributed by atoms with E-state index in [1.807, 2.05) is 6.92 Å². The monoisotopic (exact) mass is 397 g/mol. The highest BCUT2D eigenvalue weighted by Crippen LogP contribution is 2.65. The minimum absolute atomic E-state index is 0.0946. The van der Waals surface area contributed by atoms with Gasteiger partial charge in [0.05, 0.1) is 19.3 Å². The van der Waals surface area contributed by atoms with Gasteiger partial charge in [-0.15, -0.1) is 0 Å². The normalized spacial score (nSPS) is 42.8. The van der Waals surface area contributed by atoms with Crippen molar-refractivity contribution in [3.05, 3.63) is 33.6 Å². The largest absolute Gasteiger partial charge is 0.497 e. The molecule has 3 heterocycles. The molecule has 2 saturated heterocycles. The molecule has 1 N–H and O–H groups in total. The van der Waals surface area contributed by atoms with Crippen molar-refractivity contribution in [3.63, 3.8) is 0 Å². The van der Waals surface area contributed by atoms with E-state index in [4.69, 9.17) is 9.47 Å². The van der Waals surface area contributed by atoms with Crippen molar-refractivity contribution in [1.82, 2.24) is 4.90 Å². The lowest BCUT2D eigenvalue weighted by Crippen LogP contribution is -2.59. The van der Waals surface area contributed by atoms with Gasteiger partial charge in [-0.3, -0.25) is 9.69 Å². The Labute approximate surface area is 170 Å². The van der Waals surface area contributed by atoms with Crippen LogP contribution >= 0.6 is 0 Å². The molecule has 1 unspecified atom stereocenters. The highest BCUT2D eigenvalue weighted by atomic mass is 16.5. The van der Waals surface area contributed by atoms with Crippen LogP contribution in [0.1, 0.15) is 39.5 Å². The zero-order valence-electron chi connectivity index (χ0n) is 17.2. The van der Waals surface area contributed by atoms with Crippen molar-refractivity contribution in [2.24, 2.45) is 17.3 Å². The van der Waals surface area contributed by atoms with Crippen molar-refractivity contribution in [1.29, 1.82) is 0 Å². The Kier molecular flexibility index (Phi) is 3.34. The van der Waals surface area contributed by atoms with Crippen molar-refractivity contribution in [2.45, 2.75) is 51.2 Å². The summed E-state index contributed by atoms with van der Waals surface area (Å²) in [5, 5.41) is 11.7. The lowest BCUT2D eigenvalue weighted by Gasteiger charge is -2.47. The molecule has 0 aromatic heterocycles. The van der Waals surface area contributed by atoms with E-state index in [-0.39, 0.29) is 23.2 Å². The number of ether oxygens (including phenoxy) is 2. The fraction of sp³-hybridized carbons (Fsp3) is 0.652. The Morgan fingerprint density at radius 3 is 2.83 bits per heavy atom. The lowest BCUT2D eigenvalue weighted by molar-refractivity contribution is -0.148. The maximum absolute atomic E-state index is 14.0. The zero-order valence-corrected chi connectivity index (χ0v) is 17.2. The number of carbonyl (C=O) groups excluding carboxylic acids is 2. The summed E-state index contributed by atoms with van der Waals surface area (Å²) in [5.74, 6) is 0.345. The van der Waals surface area contributed by atoms with Gasteiger partial charge in [0, 0.05) is 60.9 Å². The van der Waals surface area contributed by atoms with E-state index in [9.17, 15) is 14.7 Å². The van der Waals surface area contributed by atoms with E-state index < -0.39 is 11.6 Å². The number of nitrogens with zero attached hydrogens (tertiary/aromatic N) is 1. The SMILES string of the molecule is COC(=O)C1=C2CCOC3=C2C2=C1C(=O)[C@]1(O)C[C@H]4N(CC1C)C[C@@H](CC3)[C@@]24C. The Morgan fingerprint density at radius 1 is 1.28 bits per heavy atom. The Hall–Kier alpha value is -1.92. The van der Waals surface area contributed by atoms with E-state index in [0.29, 0.717) is 43.1 Å². The maximum Gasteiger partial charge on any atom is 0.338 e. The molecule has 3 aliphatic heterocycles. The number of methoxy groups -OCH3 is 1. The molecule has 3 aliphatic carbocycles. The van der Waals surface area contributed by atoms with Crippen LogP contribution in [0.5, 0.6) is 0 Å². The third kappa shape index (κ3) is 1.86. The number of hydrogen-bond acceptors (Lipinski definition) is 6. The molecule has 154 valence electrons. The number of hydrogen-bond donors (Lipinski definition) is 1. The number of Topliss-reactive ketones (excluding diaryl/α,β-unsaturated/α-hetero) is 1. The van der Waals surface area contributed by atoms with Crippen LogP contribution in [0.2, 0.25) is 0 Å². The van der Waals surface area contributed by atoms with E-state index in [1.165, 1.54) is 7.11 Å². The molecule has 0 amide bonds. The summed E-state index contributed by atoms with van der Waals surface area (Å²) in [4.78, 5) is 29.4. The molecule has 2 fully saturated rings. The molecule has 6 aliphatic rings. The van der Waals surface area contributed by atoms with Crippen LogP contribution in [0.25, 0.3) is 0 Å². The molecule has 0 aromatic carbocycles. The molecule has 6 heteroatoms. The number of carbonyl (C=O) groups is 2. The number of ketones is 1. The van der Waals surface area contributed by atoms with Crippen LogP contribution in [0.15, 0.2) is 33.6 Å². The van der Waals surface area contributed by atoms with E-state index in [2.05, 4.69) is 11.8 Å². The summed E-state index contributed by atoms with van der Waals surface area (Å²) in [5.41, 5.74) is 1.93. The molecule has 0 aromatic rings.